The van der Waals surface area contributed by atoms with Crippen molar-refractivity contribution in [3.05, 3.63) is 35.4 Å². The van der Waals surface area contributed by atoms with Crippen LogP contribution in [0.1, 0.15) is 37.9 Å². The Balaban J connectivity index is 1.95. The van der Waals surface area contributed by atoms with Gasteiger partial charge in [-0.15, -0.1) is 0 Å². The van der Waals surface area contributed by atoms with Gasteiger partial charge in [0.2, 0.25) is 0 Å². The molecule has 4 nitrogen and oxygen atoms in total. The maximum atomic E-state index is 10.4. The van der Waals surface area contributed by atoms with Gasteiger partial charge in [-0.2, -0.15) is 0 Å². The Hall–Kier alpha value is -0.940. The van der Waals surface area contributed by atoms with Crippen LogP contribution >= 0.6 is 0 Å². The molecule has 2 N–H and O–H groups in total. The molecule has 1 fully saturated rings. The number of ether oxygens (including phenoxy) is 1. The van der Waals surface area contributed by atoms with Crippen molar-refractivity contribution in [2.75, 3.05) is 39.4 Å². The highest BCUT2D eigenvalue weighted by Crippen LogP contribution is 2.34. The molecule has 4 heteroatoms. The molecular formula is C19H32N2O2. The van der Waals surface area contributed by atoms with Crippen LogP contribution in [0.25, 0.3) is 0 Å². The number of benzene rings is 1. The van der Waals surface area contributed by atoms with E-state index in [1.165, 1.54) is 11.1 Å². The van der Waals surface area contributed by atoms with Gasteiger partial charge in [0.05, 0.1) is 19.3 Å². The molecule has 0 aromatic heterocycles. The standard InChI is InChI=1S/C19H32N2O2/c1-15-7-5-6-8-17(15)18(19(2,3)4)20-13-16(22)14-21-9-11-23-12-10-21/h5-8,16,18,20,22H,9-14H2,1-4H3. The zero-order valence-electron chi connectivity index (χ0n) is 15.0. The van der Waals surface area contributed by atoms with Crippen molar-refractivity contribution in [2.45, 2.75) is 39.8 Å². The van der Waals surface area contributed by atoms with Gasteiger partial charge < -0.3 is 15.2 Å². The summed E-state index contributed by atoms with van der Waals surface area (Å²) >= 11 is 0. The molecule has 0 spiro atoms. The van der Waals surface area contributed by atoms with Gasteiger partial charge in [0.1, 0.15) is 0 Å². The van der Waals surface area contributed by atoms with Crippen LogP contribution in [0.5, 0.6) is 0 Å². The highest BCUT2D eigenvalue weighted by molar-refractivity contribution is 5.30. The van der Waals surface area contributed by atoms with Gasteiger partial charge in [0.15, 0.2) is 0 Å². The maximum Gasteiger partial charge on any atom is 0.0791 e. The second kappa shape index (κ2) is 8.25. The second-order valence-electron chi connectivity index (χ2n) is 7.63. The van der Waals surface area contributed by atoms with E-state index < -0.39 is 0 Å². The maximum absolute atomic E-state index is 10.4. The molecular weight excluding hydrogens is 288 g/mol. The Labute approximate surface area is 140 Å². The topological polar surface area (TPSA) is 44.7 Å². The van der Waals surface area contributed by atoms with E-state index in [1.807, 2.05) is 0 Å². The van der Waals surface area contributed by atoms with Gasteiger partial charge in [-0.05, 0) is 23.5 Å². The van der Waals surface area contributed by atoms with Gasteiger partial charge >= 0.3 is 0 Å². The fourth-order valence-corrected chi connectivity index (χ4v) is 3.19. The molecule has 1 saturated heterocycles. The van der Waals surface area contributed by atoms with Crippen LogP contribution in [0.2, 0.25) is 0 Å². The van der Waals surface area contributed by atoms with Crippen molar-refractivity contribution < 1.29 is 9.84 Å². The number of morpholine rings is 1. The molecule has 2 atom stereocenters. The van der Waals surface area contributed by atoms with Crippen molar-refractivity contribution in [1.29, 1.82) is 0 Å². The molecule has 1 aromatic rings. The Morgan fingerprint density at radius 1 is 1.22 bits per heavy atom. The van der Waals surface area contributed by atoms with Crippen LogP contribution in [0, 0.1) is 12.3 Å². The number of hydrogen-bond acceptors (Lipinski definition) is 4. The minimum absolute atomic E-state index is 0.0881. The summed E-state index contributed by atoms with van der Waals surface area (Å²) in [7, 11) is 0. The molecule has 1 heterocycles. The largest absolute Gasteiger partial charge is 0.390 e. The average molecular weight is 320 g/mol. The lowest BCUT2D eigenvalue weighted by Gasteiger charge is -2.35. The van der Waals surface area contributed by atoms with Gasteiger partial charge in [0.25, 0.3) is 0 Å². The monoisotopic (exact) mass is 320 g/mol. The summed E-state index contributed by atoms with van der Waals surface area (Å²) in [6, 6.07) is 8.73. The van der Waals surface area contributed by atoms with Crippen molar-refractivity contribution in [1.82, 2.24) is 10.2 Å². The number of β-amino-alcohol motifs (C(OH)–C–C–N with tert-alkyl or cyclic N) is 1. The third kappa shape index (κ3) is 5.57. The van der Waals surface area contributed by atoms with Gasteiger partial charge in [0, 0.05) is 32.2 Å². The van der Waals surface area contributed by atoms with Crippen LogP contribution in [0.15, 0.2) is 24.3 Å². The summed E-state index contributed by atoms with van der Waals surface area (Å²) < 4.78 is 5.36. The van der Waals surface area contributed by atoms with E-state index in [0.29, 0.717) is 13.1 Å². The van der Waals surface area contributed by atoms with Gasteiger partial charge in [-0.25, -0.2) is 0 Å². The second-order valence-corrected chi connectivity index (χ2v) is 7.63. The van der Waals surface area contributed by atoms with Crippen LogP contribution < -0.4 is 5.32 Å². The molecule has 1 aliphatic rings. The Bertz CT molecular complexity index is 479. The first-order valence-electron chi connectivity index (χ1n) is 8.65. The molecule has 2 rings (SSSR count). The van der Waals surface area contributed by atoms with E-state index >= 15 is 0 Å². The predicted molar refractivity (Wildman–Crippen MR) is 94.6 cm³/mol. The third-order valence-electron chi connectivity index (χ3n) is 4.50. The first-order valence-corrected chi connectivity index (χ1v) is 8.65. The number of rotatable bonds is 6. The zero-order chi connectivity index (χ0) is 16.9. The third-order valence-corrected chi connectivity index (χ3v) is 4.50. The molecule has 130 valence electrons. The highest BCUT2D eigenvalue weighted by Gasteiger charge is 2.27. The number of aliphatic hydroxyl groups is 1. The molecule has 1 aliphatic heterocycles. The van der Waals surface area contributed by atoms with Crippen LogP contribution in [-0.4, -0.2) is 55.5 Å². The fourth-order valence-electron chi connectivity index (χ4n) is 3.19. The van der Waals surface area contributed by atoms with Crippen molar-refractivity contribution in [3.8, 4) is 0 Å². The van der Waals surface area contributed by atoms with E-state index in [-0.39, 0.29) is 17.6 Å². The van der Waals surface area contributed by atoms with Gasteiger partial charge in [-0.1, -0.05) is 45.0 Å². The number of aliphatic hydroxyl groups excluding tert-OH is 1. The summed E-state index contributed by atoms with van der Waals surface area (Å²) in [5.74, 6) is 0. The summed E-state index contributed by atoms with van der Waals surface area (Å²) in [5, 5.41) is 14.0. The molecule has 0 saturated carbocycles. The quantitative estimate of drug-likeness (QED) is 0.845. The summed E-state index contributed by atoms with van der Waals surface area (Å²) in [6.07, 6.45) is -0.359. The predicted octanol–water partition coefficient (Wildman–Crippen LogP) is 2.36. The molecule has 2 unspecified atom stereocenters. The lowest BCUT2D eigenvalue weighted by atomic mass is 9.81. The average Bonchev–Trinajstić information content (AvgIpc) is 2.49. The first-order chi connectivity index (χ1) is 10.9. The molecule has 0 bridgehead atoms. The van der Waals surface area contributed by atoms with Crippen LogP contribution in [-0.2, 0) is 4.74 Å². The smallest absolute Gasteiger partial charge is 0.0791 e. The number of nitrogens with one attached hydrogen (secondary N) is 1. The van der Waals surface area contributed by atoms with Crippen LogP contribution in [0.3, 0.4) is 0 Å². The van der Waals surface area contributed by atoms with Crippen molar-refractivity contribution in [3.63, 3.8) is 0 Å². The highest BCUT2D eigenvalue weighted by atomic mass is 16.5. The number of aryl methyl sites for hydroxylation is 1. The fraction of sp³-hybridized carbons (Fsp3) is 0.684. The molecule has 0 amide bonds. The van der Waals surface area contributed by atoms with E-state index in [0.717, 1.165) is 26.3 Å². The van der Waals surface area contributed by atoms with Crippen molar-refractivity contribution >= 4 is 0 Å². The minimum Gasteiger partial charge on any atom is -0.390 e. The van der Waals surface area contributed by atoms with E-state index in [9.17, 15) is 5.11 Å². The lowest BCUT2D eigenvalue weighted by Crippen LogP contribution is -2.45. The Kier molecular flexibility index (Phi) is 6.60. The summed E-state index contributed by atoms with van der Waals surface area (Å²) in [4.78, 5) is 2.27. The summed E-state index contributed by atoms with van der Waals surface area (Å²) in [5.41, 5.74) is 2.70. The Morgan fingerprint density at radius 2 is 1.87 bits per heavy atom. The lowest BCUT2D eigenvalue weighted by molar-refractivity contribution is 0.0137. The normalized spacial score (nSPS) is 19.5. The molecule has 0 radical (unpaired) electrons. The van der Waals surface area contributed by atoms with Gasteiger partial charge in [-0.3, -0.25) is 4.90 Å². The minimum atomic E-state index is -0.359. The summed E-state index contributed by atoms with van der Waals surface area (Å²) in [6.45, 7) is 13.6. The number of hydrogen-bond donors (Lipinski definition) is 2. The molecule has 1 aromatic carbocycles. The molecule has 0 aliphatic carbocycles. The van der Waals surface area contributed by atoms with E-state index in [4.69, 9.17) is 4.74 Å². The number of nitrogens with zero attached hydrogens (tertiary/aromatic N) is 1. The van der Waals surface area contributed by atoms with Crippen molar-refractivity contribution in [2.24, 2.45) is 5.41 Å². The first kappa shape index (κ1) is 18.4. The van der Waals surface area contributed by atoms with E-state index in [1.54, 1.807) is 0 Å². The van der Waals surface area contributed by atoms with Crippen LogP contribution in [0.4, 0.5) is 0 Å². The zero-order valence-corrected chi connectivity index (χ0v) is 15.0. The molecule has 23 heavy (non-hydrogen) atoms. The Morgan fingerprint density at radius 3 is 2.48 bits per heavy atom. The SMILES string of the molecule is Cc1ccccc1C(NCC(O)CN1CCOCC1)C(C)(C)C. The van der Waals surface area contributed by atoms with E-state index in [2.05, 4.69) is 62.2 Å².